The van der Waals surface area contributed by atoms with Gasteiger partial charge in [-0.2, -0.15) is 0 Å². The normalized spacial score (nSPS) is 14.0. The van der Waals surface area contributed by atoms with Crippen molar-refractivity contribution in [2.45, 2.75) is 19.6 Å². The van der Waals surface area contributed by atoms with Crippen molar-refractivity contribution in [2.75, 3.05) is 20.8 Å². The number of methoxy groups -OCH3 is 2. The Bertz CT molecular complexity index is 862. The van der Waals surface area contributed by atoms with Crippen molar-refractivity contribution in [2.24, 2.45) is 0 Å². The van der Waals surface area contributed by atoms with Gasteiger partial charge in [0.25, 0.3) is 11.2 Å². The number of nitrogens with zero attached hydrogens (tertiary/aromatic N) is 3. The third-order valence-corrected chi connectivity index (χ3v) is 4.33. The van der Waals surface area contributed by atoms with Gasteiger partial charge in [-0.15, -0.1) is 0 Å². The van der Waals surface area contributed by atoms with E-state index in [4.69, 9.17) is 9.47 Å². The van der Waals surface area contributed by atoms with Crippen molar-refractivity contribution in [3.63, 3.8) is 0 Å². The van der Waals surface area contributed by atoms with E-state index >= 15 is 0 Å². The minimum atomic E-state index is -0.501. The molecular formula is C17H19N3O5. The van der Waals surface area contributed by atoms with Gasteiger partial charge >= 0.3 is 0 Å². The first-order valence-corrected chi connectivity index (χ1v) is 7.83. The zero-order valence-corrected chi connectivity index (χ0v) is 14.1. The van der Waals surface area contributed by atoms with Crippen LogP contribution in [0.25, 0.3) is 0 Å². The number of aromatic nitrogens is 1. The maximum absolute atomic E-state index is 12.0. The molecule has 25 heavy (non-hydrogen) atoms. The van der Waals surface area contributed by atoms with Gasteiger partial charge in [0.2, 0.25) is 0 Å². The standard InChI is InChI=1S/C17H19N3O5/c1-24-15-7-12-5-6-18(9-13(12)8-16(15)25-2)11-19-10-14(20(22)23)3-4-17(19)21/h3-4,7-8,10H,5-6,9,11H2,1-2H3. The van der Waals surface area contributed by atoms with Gasteiger partial charge in [-0.25, -0.2) is 0 Å². The molecule has 0 radical (unpaired) electrons. The molecule has 0 aliphatic carbocycles. The highest BCUT2D eigenvalue weighted by atomic mass is 16.6. The van der Waals surface area contributed by atoms with Crippen LogP contribution in [0.3, 0.4) is 0 Å². The largest absolute Gasteiger partial charge is 0.493 e. The molecule has 1 aliphatic heterocycles. The Morgan fingerprint density at radius 1 is 1.16 bits per heavy atom. The summed E-state index contributed by atoms with van der Waals surface area (Å²) >= 11 is 0. The smallest absolute Gasteiger partial charge is 0.285 e. The van der Waals surface area contributed by atoms with Crippen LogP contribution in [0.15, 0.2) is 35.3 Å². The molecule has 0 saturated heterocycles. The molecule has 0 fully saturated rings. The zero-order chi connectivity index (χ0) is 18.0. The quantitative estimate of drug-likeness (QED) is 0.606. The van der Waals surface area contributed by atoms with Crippen LogP contribution in [0, 0.1) is 10.1 Å². The number of pyridine rings is 1. The lowest BCUT2D eigenvalue weighted by Crippen LogP contribution is -2.35. The van der Waals surface area contributed by atoms with E-state index < -0.39 is 4.92 Å². The van der Waals surface area contributed by atoms with E-state index in [1.54, 1.807) is 14.2 Å². The molecule has 0 saturated carbocycles. The average Bonchev–Trinajstić information content (AvgIpc) is 2.62. The van der Waals surface area contributed by atoms with Crippen molar-refractivity contribution >= 4 is 5.69 Å². The number of hydrogen-bond acceptors (Lipinski definition) is 6. The number of nitro groups is 1. The first-order chi connectivity index (χ1) is 12.0. The molecule has 0 amide bonds. The van der Waals surface area contributed by atoms with Gasteiger partial charge in [-0.1, -0.05) is 0 Å². The molecule has 8 heteroatoms. The molecule has 1 aliphatic rings. The molecular weight excluding hydrogens is 326 g/mol. The fourth-order valence-electron chi connectivity index (χ4n) is 3.02. The number of rotatable bonds is 5. The maximum atomic E-state index is 12.0. The van der Waals surface area contributed by atoms with Crippen LogP contribution in [0.5, 0.6) is 11.5 Å². The Morgan fingerprint density at radius 3 is 2.48 bits per heavy atom. The Labute approximate surface area is 144 Å². The van der Waals surface area contributed by atoms with Crippen molar-refractivity contribution in [1.82, 2.24) is 9.47 Å². The van der Waals surface area contributed by atoms with E-state index in [-0.39, 0.29) is 11.2 Å². The summed E-state index contributed by atoms with van der Waals surface area (Å²) in [6.07, 6.45) is 2.09. The second-order valence-electron chi connectivity index (χ2n) is 5.87. The van der Waals surface area contributed by atoms with Crippen LogP contribution < -0.4 is 15.0 Å². The van der Waals surface area contributed by atoms with Gasteiger partial charge in [0, 0.05) is 25.2 Å². The summed E-state index contributed by atoms with van der Waals surface area (Å²) in [7, 11) is 3.20. The molecule has 0 unspecified atom stereocenters. The van der Waals surface area contributed by atoms with E-state index in [1.807, 2.05) is 12.1 Å². The Balaban J connectivity index is 1.83. The van der Waals surface area contributed by atoms with Gasteiger partial charge in [-0.05, 0) is 29.7 Å². The minimum absolute atomic E-state index is 0.0941. The second-order valence-corrected chi connectivity index (χ2v) is 5.87. The highest BCUT2D eigenvalue weighted by molar-refractivity contribution is 5.48. The monoisotopic (exact) mass is 345 g/mol. The predicted molar refractivity (Wildman–Crippen MR) is 91.0 cm³/mol. The summed E-state index contributed by atoms with van der Waals surface area (Å²) in [6, 6.07) is 6.37. The summed E-state index contributed by atoms with van der Waals surface area (Å²) < 4.78 is 12.0. The van der Waals surface area contributed by atoms with Crippen molar-refractivity contribution in [3.05, 3.63) is 62.1 Å². The number of ether oxygens (including phenoxy) is 2. The van der Waals surface area contributed by atoms with E-state index in [2.05, 4.69) is 4.90 Å². The average molecular weight is 345 g/mol. The molecule has 0 spiro atoms. The van der Waals surface area contributed by atoms with Crippen molar-refractivity contribution in [3.8, 4) is 11.5 Å². The topological polar surface area (TPSA) is 86.8 Å². The minimum Gasteiger partial charge on any atom is -0.493 e. The fourth-order valence-corrected chi connectivity index (χ4v) is 3.02. The summed E-state index contributed by atoms with van der Waals surface area (Å²) in [5, 5.41) is 10.9. The predicted octanol–water partition coefficient (Wildman–Crippen LogP) is 1.79. The van der Waals surface area contributed by atoms with Crippen molar-refractivity contribution < 1.29 is 14.4 Å². The fraction of sp³-hybridized carbons (Fsp3) is 0.353. The van der Waals surface area contributed by atoms with E-state index in [0.717, 1.165) is 18.5 Å². The lowest BCUT2D eigenvalue weighted by molar-refractivity contribution is -0.385. The van der Waals surface area contributed by atoms with Crippen LogP contribution in [0.2, 0.25) is 0 Å². The Kier molecular flexibility index (Phi) is 4.71. The molecule has 1 aromatic heterocycles. The van der Waals surface area contributed by atoms with E-state index in [0.29, 0.717) is 24.7 Å². The highest BCUT2D eigenvalue weighted by Crippen LogP contribution is 2.33. The van der Waals surface area contributed by atoms with Gasteiger partial charge in [-0.3, -0.25) is 24.4 Å². The van der Waals surface area contributed by atoms with Gasteiger partial charge in [0.05, 0.1) is 32.0 Å². The summed E-state index contributed by atoms with van der Waals surface area (Å²) in [5.74, 6) is 1.36. The van der Waals surface area contributed by atoms with Gasteiger partial charge in [0.15, 0.2) is 11.5 Å². The van der Waals surface area contributed by atoms with E-state index in [1.165, 1.54) is 28.5 Å². The molecule has 132 valence electrons. The summed E-state index contributed by atoms with van der Waals surface area (Å²) in [4.78, 5) is 24.4. The molecule has 2 heterocycles. The number of hydrogen-bond donors (Lipinski definition) is 0. The molecule has 3 rings (SSSR count). The SMILES string of the molecule is COc1cc2c(cc1OC)CN(Cn1cc([N+](=O)[O-])ccc1=O)CC2. The first kappa shape index (κ1) is 17.0. The molecule has 0 bridgehead atoms. The summed E-state index contributed by atoms with van der Waals surface area (Å²) in [5.41, 5.74) is 1.93. The zero-order valence-electron chi connectivity index (χ0n) is 14.1. The highest BCUT2D eigenvalue weighted by Gasteiger charge is 2.20. The maximum Gasteiger partial charge on any atom is 0.285 e. The lowest BCUT2D eigenvalue weighted by atomic mass is 9.99. The van der Waals surface area contributed by atoms with Crippen LogP contribution in [0.4, 0.5) is 5.69 Å². The Hall–Kier alpha value is -2.87. The van der Waals surface area contributed by atoms with Crippen LogP contribution >= 0.6 is 0 Å². The molecule has 1 aromatic carbocycles. The molecule has 0 atom stereocenters. The van der Waals surface area contributed by atoms with E-state index in [9.17, 15) is 14.9 Å². The van der Waals surface area contributed by atoms with Crippen LogP contribution in [-0.2, 0) is 19.6 Å². The lowest BCUT2D eigenvalue weighted by Gasteiger charge is -2.29. The van der Waals surface area contributed by atoms with Gasteiger partial charge < -0.3 is 9.47 Å². The van der Waals surface area contributed by atoms with Crippen LogP contribution in [0.1, 0.15) is 11.1 Å². The van der Waals surface area contributed by atoms with Gasteiger partial charge in [0.1, 0.15) is 0 Å². The summed E-state index contributed by atoms with van der Waals surface area (Å²) in [6.45, 7) is 1.68. The third kappa shape index (κ3) is 3.48. The number of fused-ring (bicyclic) bond motifs is 1. The second kappa shape index (κ2) is 6.94. The molecule has 2 aromatic rings. The Morgan fingerprint density at radius 2 is 1.84 bits per heavy atom. The first-order valence-electron chi connectivity index (χ1n) is 7.83. The molecule has 8 nitrogen and oxygen atoms in total. The molecule has 0 N–H and O–H groups in total. The number of benzene rings is 1. The van der Waals surface area contributed by atoms with Crippen molar-refractivity contribution in [1.29, 1.82) is 0 Å². The van der Waals surface area contributed by atoms with Crippen LogP contribution in [-0.4, -0.2) is 35.2 Å². The third-order valence-electron chi connectivity index (χ3n) is 4.33.